The lowest BCUT2D eigenvalue weighted by Crippen LogP contribution is -2.41. The summed E-state index contributed by atoms with van der Waals surface area (Å²) in [6.45, 7) is 3.96. The Morgan fingerprint density at radius 1 is 1.55 bits per heavy atom. The fraction of sp³-hybridized carbons (Fsp3) is 0.857. The number of nitrogens with one attached hydrogen (secondary N) is 1. The van der Waals surface area contributed by atoms with E-state index >= 15 is 0 Å². The second-order valence-corrected chi connectivity index (χ2v) is 2.33. The van der Waals surface area contributed by atoms with E-state index in [0.717, 1.165) is 13.0 Å². The molecule has 4 heteroatoms. The third-order valence-corrected chi connectivity index (χ3v) is 1.39. The summed E-state index contributed by atoms with van der Waals surface area (Å²) in [5, 5.41) is 2.57. The van der Waals surface area contributed by atoms with E-state index in [2.05, 4.69) is 5.32 Å². The van der Waals surface area contributed by atoms with Gasteiger partial charge in [0.05, 0.1) is 0 Å². The van der Waals surface area contributed by atoms with Crippen LogP contribution in [0.3, 0.4) is 0 Å². The highest BCUT2D eigenvalue weighted by molar-refractivity contribution is 5.73. The minimum atomic E-state index is -0.0442. The van der Waals surface area contributed by atoms with Gasteiger partial charge in [0.1, 0.15) is 0 Å². The van der Waals surface area contributed by atoms with Crippen LogP contribution in [0.4, 0.5) is 4.79 Å². The number of nitrogens with two attached hydrogens (primary N) is 1. The van der Waals surface area contributed by atoms with Crippen LogP contribution < -0.4 is 11.1 Å². The highest BCUT2D eigenvalue weighted by atomic mass is 16.2. The van der Waals surface area contributed by atoms with E-state index < -0.39 is 0 Å². The Labute approximate surface area is 67.7 Å². The van der Waals surface area contributed by atoms with Crippen molar-refractivity contribution in [1.82, 2.24) is 10.2 Å². The van der Waals surface area contributed by atoms with E-state index in [-0.39, 0.29) is 6.03 Å². The van der Waals surface area contributed by atoms with Crippen molar-refractivity contribution in [3.8, 4) is 0 Å². The summed E-state index contributed by atoms with van der Waals surface area (Å²) < 4.78 is 0. The number of urea groups is 1. The van der Waals surface area contributed by atoms with Crippen molar-refractivity contribution in [2.75, 3.05) is 26.7 Å². The maximum Gasteiger partial charge on any atom is 0.317 e. The van der Waals surface area contributed by atoms with E-state index in [1.165, 1.54) is 0 Å². The van der Waals surface area contributed by atoms with Gasteiger partial charge in [0.2, 0.25) is 0 Å². The second kappa shape index (κ2) is 5.97. The quantitative estimate of drug-likeness (QED) is 0.606. The number of carbonyl (C=O) groups excluding carboxylic acids is 1. The molecule has 0 saturated heterocycles. The summed E-state index contributed by atoms with van der Waals surface area (Å²) in [4.78, 5) is 12.8. The fourth-order valence-electron chi connectivity index (χ4n) is 0.899. The molecule has 4 nitrogen and oxygen atoms in total. The molecule has 0 unspecified atom stereocenters. The van der Waals surface area contributed by atoms with Gasteiger partial charge in [0.15, 0.2) is 0 Å². The predicted molar refractivity (Wildman–Crippen MR) is 45.4 cm³/mol. The summed E-state index contributed by atoms with van der Waals surface area (Å²) in [6, 6.07) is -0.0442. The van der Waals surface area contributed by atoms with Crippen molar-refractivity contribution in [2.45, 2.75) is 13.3 Å². The predicted octanol–water partition coefficient (Wildman–Crippen LogP) is -0.00350. The molecule has 0 fully saturated rings. The molecule has 0 spiro atoms. The van der Waals surface area contributed by atoms with Crippen LogP contribution in [0.15, 0.2) is 0 Å². The highest BCUT2D eigenvalue weighted by Crippen LogP contribution is 1.90. The maximum absolute atomic E-state index is 11.1. The normalized spacial score (nSPS) is 9.36. The van der Waals surface area contributed by atoms with Gasteiger partial charge in [-0.15, -0.1) is 0 Å². The number of amides is 2. The average Bonchev–Trinajstić information content (AvgIpc) is 2.03. The van der Waals surface area contributed by atoms with Crippen LogP contribution in [-0.2, 0) is 0 Å². The molecule has 2 amide bonds. The first-order chi connectivity index (χ1) is 5.26. The molecule has 0 aromatic heterocycles. The van der Waals surface area contributed by atoms with Crippen LogP contribution in [0.1, 0.15) is 13.3 Å². The SMILES string of the molecule is CCCN(CCN)C(=O)NC. The summed E-state index contributed by atoms with van der Waals surface area (Å²) in [5.74, 6) is 0. The average molecular weight is 159 g/mol. The molecular formula is C7H17N3O. The first kappa shape index (κ1) is 10.2. The zero-order valence-corrected chi connectivity index (χ0v) is 7.26. The van der Waals surface area contributed by atoms with Gasteiger partial charge in [-0.05, 0) is 6.42 Å². The standard InChI is InChI=1S/C7H17N3O/c1-3-5-10(6-4-8)7(11)9-2/h3-6,8H2,1-2H3,(H,9,11). The third kappa shape index (κ3) is 3.83. The van der Waals surface area contributed by atoms with Crippen LogP contribution in [0.5, 0.6) is 0 Å². The van der Waals surface area contributed by atoms with Crippen molar-refractivity contribution in [3.05, 3.63) is 0 Å². The fourth-order valence-corrected chi connectivity index (χ4v) is 0.899. The zero-order chi connectivity index (χ0) is 8.69. The lowest BCUT2D eigenvalue weighted by Gasteiger charge is -2.20. The van der Waals surface area contributed by atoms with Crippen LogP contribution >= 0.6 is 0 Å². The maximum atomic E-state index is 11.1. The molecule has 0 bridgehead atoms. The smallest absolute Gasteiger partial charge is 0.317 e. The summed E-state index contributed by atoms with van der Waals surface area (Å²) in [5.41, 5.74) is 5.33. The second-order valence-electron chi connectivity index (χ2n) is 2.33. The number of rotatable bonds is 4. The van der Waals surface area contributed by atoms with Gasteiger partial charge in [-0.3, -0.25) is 0 Å². The van der Waals surface area contributed by atoms with E-state index in [0.29, 0.717) is 13.1 Å². The molecule has 0 aliphatic rings. The van der Waals surface area contributed by atoms with E-state index in [1.54, 1.807) is 11.9 Å². The molecule has 0 rings (SSSR count). The van der Waals surface area contributed by atoms with Crippen LogP contribution in [-0.4, -0.2) is 37.6 Å². The molecule has 11 heavy (non-hydrogen) atoms. The van der Waals surface area contributed by atoms with Gasteiger partial charge in [0.25, 0.3) is 0 Å². The molecule has 3 N–H and O–H groups in total. The van der Waals surface area contributed by atoms with E-state index in [9.17, 15) is 4.79 Å². The topological polar surface area (TPSA) is 58.4 Å². The Morgan fingerprint density at radius 2 is 2.18 bits per heavy atom. The lowest BCUT2D eigenvalue weighted by molar-refractivity contribution is 0.201. The van der Waals surface area contributed by atoms with Crippen molar-refractivity contribution < 1.29 is 4.79 Å². The Bertz CT molecular complexity index is 110. The van der Waals surface area contributed by atoms with Crippen LogP contribution in [0.2, 0.25) is 0 Å². The van der Waals surface area contributed by atoms with Gasteiger partial charge >= 0.3 is 6.03 Å². The van der Waals surface area contributed by atoms with Gasteiger partial charge in [-0.1, -0.05) is 6.92 Å². The molecule has 0 saturated carbocycles. The Morgan fingerprint density at radius 3 is 2.55 bits per heavy atom. The first-order valence-corrected chi connectivity index (χ1v) is 3.93. The first-order valence-electron chi connectivity index (χ1n) is 3.93. The van der Waals surface area contributed by atoms with E-state index in [4.69, 9.17) is 5.73 Å². The van der Waals surface area contributed by atoms with Crippen molar-refractivity contribution in [1.29, 1.82) is 0 Å². The molecular weight excluding hydrogens is 142 g/mol. The monoisotopic (exact) mass is 159 g/mol. The van der Waals surface area contributed by atoms with Gasteiger partial charge < -0.3 is 16.0 Å². The minimum absolute atomic E-state index is 0.0442. The molecule has 66 valence electrons. The molecule has 0 heterocycles. The van der Waals surface area contributed by atoms with Crippen molar-refractivity contribution >= 4 is 6.03 Å². The number of nitrogens with zero attached hydrogens (tertiary/aromatic N) is 1. The third-order valence-electron chi connectivity index (χ3n) is 1.39. The number of hydrogen-bond acceptors (Lipinski definition) is 2. The Hall–Kier alpha value is -0.770. The van der Waals surface area contributed by atoms with Gasteiger partial charge in [-0.2, -0.15) is 0 Å². The zero-order valence-electron chi connectivity index (χ0n) is 7.26. The molecule has 0 aliphatic heterocycles. The van der Waals surface area contributed by atoms with Gasteiger partial charge in [-0.25, -0.2) is 4.79 Å². The molecule has 0 aliphatic carbocycles. The lowest BCUT2D eigenvalue weighted by atomic mass is 10.4. The highest BCUT2D eigenvalue weighted by Gasteiger charge is 2.07. The molecule has 0 radical (unpaired) electrons. The number of carbonyl (C=O) groups is 1. The van der Waals surface area contributed by atoms with Crippen molar-refractivity contribution in [2.24, 2.45) is 5.73 Å². The molecule has 0 atom stereocenters. The number of hydrogen-bond donors (Lipinski definition) is 2. The summed E-state index contributed by atoms with van der Waals surface area (Å²) in [6.07, 6.45) is 0.966. The van der Waals surface area contributed by atoms with E-state index in [1.807, 2.05) is 6.92 Å². The van der Waals surface area contributed by atoms with Crippen LogP contribution in [0.25, 0.3) is 0 Å². The summed E-state index contributed by atoms with van der Waals surface area (Å²) >= 11 is 0. The van der Waals surface area contributed by atoms with Crippen LogP contribution in [0, 0.1) is 0 Å². The van der Waals surface area contributed by atoms with Gasteiger partial charge in [0, 0.05) is 26.7 Å². The largest absolute Gasteiger partial charge is 0.341 e. The Balaban J connectivity index is 3.76. The minimum Gasteiger partial charge on any atom is -0.341 e. The summed E-state index contributed by atoms with van der Waals surface area (Å²) in [7, 11) is 1.63. The Kier molecular flexibility index (Phi) is 5.56. The van der Waals surface area contributed by atoms with Crippen molar-refractivity contribution in [3.63, 3.8) is 0 Å². The molecule has 0 aromatic rings. The molecule has 0 aromatic carbocycles.